The maximum atomic E-state index is 12.1. The third-order valence-corrected chi connectivity index (χ3v) is 4.41. The standard InChI is InChI=1S/C15H20ClN3O2/c1-14(2,3)21-13(20)19-5-4-15(6-10(15)9-19)12-17-7-11(16)8-18-12/h7-8,10H,4-6,9H2,1-3H3. The number of piperidine rings is 1. The Bertz CT molecular complexity index is 555. The summed E-state index contributed by atoms with van der Waals surface area (Å²) in [7, 11) is 0. The van der Waals surface area contributed by atoms with Crippen LogP contribution < -0.4 is 0 Å². The Kier molecular flexibility index (Phi) is 3.35. The third-order valence-electron chi connectivity index (χ3n) is 4.22. The van der Waals surface area contributed by atoms with Gasteiger partial charge in [0.15, 0.2) is 0 Å². The molecule has 1 aliphatic carbocycles. The van der Waals surface area contributed by atoms with Crippen LogP contribution in [0.25, 0.3) is 0 Å². The minimum absolute atomic E-state index is 0.0447. The van der Waals surface area contributed by atoms with Crippen molar-refractivity contribution in [1.82, 2.24) is 14.9 Å². The number of likely N-dealkylation sites (tertiary alicyclic amines) is 1. The van der Waals surface area contributed by atoms with Crippen molar-refractivity contribution in [2.45, 2.75) is 44.6 Å². The highest BCUT2D eigenvalue weighted by molar-refractivity contribution is 6.30. The van der Waals surface area contributed by atoms with Gasteiger partial charge in [0.1, 0.15) is 11.4 Å². The van der Waals surface area contributed by atoms with E-state index < -0.39 is 5.60 Å². The van der Waals surface area contributed by atoms with Gasteiger partial charge < -0.3 is 9.64 Å². The topological polar surface area (TPSA) is 55.3 Å². The minimum atomic E-state index is -0.450. The molecule has 2 heterocycles. The fraction of sp³-hybridized carbons (Fsp3) is 0.667. The van der Waals surface area contributed by atoms with Crippen molar-refractivity contribution in [3.05, 3.63) is 23.2 Å². The number of amides is 1. The van der Waals surface area contributed by atoms with Crippen molar-refractivity contribution in [1.29, 1.82) is 0 Å². The highest BCUT2D eigenvalue weighted by Gasteiger charge is 2.60. The summed E-state index contributed by atoms with van der Waals surface area (Å²) >= 11 is 5.84. The number of nitrogens with zero attached hydrogens (tertiary/aromatic N) is 3. The Balaban J connectivity index is 1.65. The summed E-state index contributed by atoms with van der Waals surface area (Å²) in [5.74, 6) is 1.29. The van der Waals surface area contributed by atoms with Crippen molar-refractivity contribution >= 4 is 17.7 Å². The van der Waals surface area contributed by atoms with Gasteiger partial charge in [-0.1, -0.05) is 11.6 Å². The number of aromatic nitrogens is 2. The highest BCUT2D eigenvalue weighted by Crippen LogP contribution is 2.58. The normalized spacial score (nSPS) is 28.0. The molecule has 21 heavy (non-hydrogen) atoms. The van der Waals surface area contributed by atoms with Crippen LogP contribution >= 0.6 is 11.6 Å². The van der Waals surface area contributed by atoms with Gasteiger partial charge in [0.2, 0.25) is 0 Å². The Hall–Kier alpha value is -1.36. The van der Waals surface area contributed by atoms with E-state index in [-0.39, 0.29) is 11.5 Å². The number of carbonyl (C=O) groups excluding carboxylic acids is 1. The maximum Gasteiger partial charge on any atom is 0.410 e. The molecule has 5 nitrogen and oxygen atoms in total. The zero-order chi connectivity index (χ0) is 15.3. The third kappa shape index (κ3) is 2.84. The average Bonchev–Trinajstić information content (AvgIpc) is 3.11. The second-order valence-corrected chi connectivity index (χ2v) is 7.39. The fourth-order valence-corrected chi connectivity index (χ4v) is 3.16. The average molecular weight is 310 g/mol. The van der Waals surface area contributed by atoms with E-state index in [9.17, 15) is 4.79 Å². The molecule has 0 spiro atoms. The first-order chi connectivity index (χ1) is 9.80. The van der Waals surface area contributed by atoms with Crippen molar-refractivity contribution in [2.75, 3.05) is 13.1 Å². The van der Waals surface area contributed by atoms with E-state index in [1.54, 1.807) is 17.3 Å². The van der Waals surface area contributed by atoms with Crippen LogP contribution in [0.3, 0.4) is 0 Å². The number of hydrogen-bond donors (Lipinski definition) is 0. The molecule has 6 heteroatoms. The highest BCUT2D eigenvalue weighted by atomic mass is 35.5. The Morgan fingerprint density at radius 3 is 2.67 bits per heavy atom. The van der Waals surface area contributed by atoms with Crippen molar-refractivity contribution in [3.8, 4) is 0 Å². The van der Waals surface area contributed by atoms with Crippen molar-refractivity contribution in [3.63, 3.8) is 0 Å². The summed E-state index contributed by atoms with van der Waals surface area (Å²) in [4.78, 5) is 22.7. The summed E-state index contributed by atoms with van der Waals surface area (Å²) in [6.07, 6.45) is 5.00. The van der Waals surface area contributed by atoms with Crippen LogP contribution in [-0.4, -0.2) is 39.7 Å². The van der Waals surface area contributed by atoms with Gasteiger partial charge in [0, 0.05) is 30.9 Å². The molecule has 2 atom stereocenters. The molecular weight excluding hydrogens is 290 g/mol. The minimum Gasteiger partial charge on any atom is -0.444 e. The van der Waals surface area contributed by atoms with Crippen LogP contribution in [0.2, 0.25) is 5.02 Å². The predicted molar refractivity (Wildman–Crippen MR) is 79.3 cm³/mol. The summed E-state index contributed by atoms with van der Waals surface area (Å²) in [6.45, 7) is 7.08. The molecule has 1 saturated carbocycles. The van der Waals surface area contributed by atoms with Gasteiger partial charge in [0.05, 0.1) is 5.02 Å². The molecule has 0 N–H and O–H groups in total. The summed E-state index contributed by atoms with van der Waals surface area (Å²) in [6, 6.07) is 0. The molecule has 2 aliphatic rings. The van der Waals surface area contributed by atoms with Crippen LogP contribution in [0.5, 0.6) is 0 Å². The first-order valence-electron chi connectivity index (χ1n) is 7.26. The molecule has 2 unspecified atom stereocenters. The Morgan fingerprint density at radius 1 is 1.43 bits per heavy atom. The van der Waals surface area contributed by atoms with Crippen molar-refractivity contribution < 1.29 is 9.53 Å². The first kappa shape index (κ1) is 14.6. The molecule has 1 saturated heterocycles. The van der Waals surface area contributed by atoms with E-state index in [4.69, 9.17) is 16.3 Å². The quantitative estimate of drug-likeness (QED) is 0.800. The lowest BCUT2D eigenvalue weighted by Gasteiger charge is -2.32. The summed E-state index contributed by atoms with van der Waals surface area (Å²) < 4.78 is 5.44. The molecule has 3 rings (SSSR count). The van der Waals surface area contributed by atoms with Gasteiger partial charge in [-0.25, -0.2) is 14.8 Å². The largest absolute Gasteiger partial charge is 0.444 e. The van der Waals surface area contributed by atoms with Gasteiger partial charge in [-0.2, -0.15) is 0 Å². The number of hydrogen-bond acceptors (Lipinski definition) is 4. The zero-order valence-corrected chi connectivity index (χ0v) is 13.4. The second-order valence-electron chi connectivity index (χ2n) is 6.96. The summed E-state index contributed by atoms with van der Waals surface area (Å²) in [5, 5.41) is 0.554. The molecule has 0 aromatic carbocycles. The zero-order valence-electron chi connectivity index (χ0n) is 12.6. The van der Waals surface area contributed by atoms with Crippen LogP contribution in [0.4, 0.5) is 4.79 Å². The maximum absolute atomic E-state index is 12.1. The Morgan fingerprint density at radius 2 is 2.10 bits per heavy atom. The van der Waals surface area contributed by atoms with E-state index in [0.29, 0.717) is 17.5 Å². The van der Waals surface area contributed by atoms with Crippen LogP contribution in [-0.2, 0) is 10.2 Å². The van der Waals surface area contributed by atoms with Gasteiger partial charge in [0.25, 0.3) is 0 Å². The van der Waals surface area contributed by atoms with E-state index in [1.807, 2.05) is 20.8 Å². The molecule has 2 fully saturated rings. The van der Waals surface area contributed by atoms with Crippen LogP contribution in [0.15, 0.2) is 12.4 Å². The molecule has 1 aliphatic heterocycles. The smallest absolute Gasteiger partial charge is 0.410 e. The molecule has 114 valence electrons. The lowest BCUT2D eigenvalue weighted by atomic mass is 9.94. The lowest BCUT2D eigenvalue weighted by molar-refractivity contribution is 0.0197. The molecule has 1 aromatic rings. The number of fused-ring (bicyclic) bond motifs is 1. The van der Waals surface area contributed by atoms with E-state index in [2.05, 4.69) is 9.97 Å². The van der Waals surface area contributed by atoms with E-state index in [1.165, 1.54) is 0 Å². The molecular formula is C15H20ClN3O2. The monoisotopic (exact) mass is 309 g/mol. The summed E-state index contributed by atoms with van der Waals surface area (Å²) in [5.41, 5.74) is -0.405. The number of ether oxygens (including phenoxy) is 1. The first-order valence-corrected chi connectivity index (χ1v) is 7.64. The molecule has 1 amide bonds. The number of carbonyl (C=O) groups is 1. The van der Waals surface area contributed by atoms with E-state index >= 15 is 0 Å². The van der Waals surface area contributed by atoms with Gasteiger partial charge >= 0.3 is 6.09 Å². The lowest BCUT2D eigenvalue weighted by Crippen LogP contribution is -2.43. The second kappa shape index (κ2) is 4.83. The number of rotatable bonds is 1. The van der Waals surface area contributed by atoms with Crippen molar-refractivity contribution in [2.24, 2.45) is 5.92 Å². The van der Waals surface area contributed by atoms with E-state index in [0.717, 1.165) is 25.2 Å². The van der Waals surface area contributed by atoms with Crippen LogP contribution in [0.1, 0.15) is 39.4 Å². The predicted octanol–water partition coefficient (Wildman–Crippen LogP) is 3.03. The van der Waals surface area contributed by atoms with Crippen LogP contribution in [0, 0.1) is 5.92 Å². The van der Waals surface area contributed by atoms with Gasteiger partial charge in [-0.15, -0.1) is 0 Å². The fourth-order valence-electron chi connectivity index (χ4n) is 3.07. The molecule has 1 aromatic heterocycles. The number of halogens is 1. The van der Waals surface area contributed by atoms with Gasteiger partial charge in [-0.3, -0.25) is 0 Å². The molecule has 0 radical (unpaired) electrons. The Labute approximate surface area is 129 Å². The SMILES string of the molecule is CC(C)(C)OC(=O)N1CCC2(c3ncc(Cl)cn3)CC2C1. The van der Waals surface area contributed by atoms with Gasteiger partial charge in [-0.05, 0) is 39.5 Å². The molecule has 0 bridgehead atoms.